The lowest BCUT2D eigenvalue weighted by atomic mass is 9.85. The van der Waals surface area contributed by atoms with Crippen LogP contribution in [0, 0.1) is 40.9 Å². The number of rotatable bonds is 8. The molecule has 0 aliphatic heterocycles. The zero-order chi connectivity index (χ0) is 60.7. The minimum Gasteiger partial charge on any atom is -0.309 e. The van der Waals surface area contributed by atoms with E-state index in [1.165, 1.54) is 22.3 Å². The van der Waals surface area contributed by atoms with E-state index >= 15 is 0 Å². The van der Waals surface area contributed by atoms with Gasteiger partial charge in [-0.05, 0) is 165 Å². The summed E-state index contributed by atoms with van der Waals surface area (Å²) in [5.74, 6) is 1.42. The Morgan fingerprint density at radius 1 is 0.310 bits per heavy atom. The van der Waals surface area contributed by atoms with Crippen LogP contribution in [0.5, 0.6) is 0 Å². The summed E-state index contributed by atoms with van der Waals surface area (Å²) in [5.41, 5.74) is 20.3. The van der Waals surface area contributed by atoms with Crippen LogP contribution in [-0.2, 0) is 16.2 Å². The number of nitrogens with zero attached hydrogens (tertiary/aromatic N) is 8. The smallest absolute Gasteiger partial charge is 0.164 e. The maximum atomic E-state index is 10.3. The molecule has 13 aromatic rings. The summed E-state index contributed by atoms with van der Waals surface area (Å²) >= 11 is 0. The molecule has 0 bridgehead atoms. The van der Waals surface area contributed by atoms with E-state index in [0.29, 0.717) is 34.2 Å². The fraction of sp³-hybridized carbons (Fsp3) is 0.165. The van der Waals surface area contributed by atoms with E-state index in [-0.39, 0.29) is 16.2 Å². The minimum atomic E-state index is -0.0923. The summed E-state index contributed by atoms with van der Waals surface area (Å²) < 4.78 is 4.72. The predicted octanol–water partition coefficient (Wildman–Crippen LogP) is 19.9. The molecule has 10 aromatic carbocycles. The minimum absolute atomic E-state index is 0.0792. The summed E-state index contributed by atoms with van der Waals surface area (Å²) in [6.45, 7) is 22.5. The fourth-order valence-corrected chi connectivity index (χ4v) is 12.1. The first-order chi connectivity index (χ1) is 41.7. The highest BCUT2D eigenvalue weighted by atomic mass is 15.0. The van der Waals surface area contributed by atoms with E-state index in [9.17, 15) is 15.8 Å². The number of benzene rings is 10. The summed E-state index contributed by atoms with van der Waals surface area (Å²) in [4.78, 5) is 16.4. The van der Waals surface area contributed by atoms with Crippen molar-refractivity contribution >= 4 is 43.6 Å². The maximum Gasteiger partial charge on any atom is 0.164 e. The number of hydrogen-bond donors (Lipinski definition) is 0. The lowest BCUT2D eigenvalue weighted by molar-refractivity contribution is 0.590. The lowest BCUT2D eigenvalue weighted by Gasteiger charge is -2.20. The molecule has 0 aliphatic rings. The van der Waals surface area contributed by atoms with E-state index in [1.54, 1.807) is 0 Å². The van der Waals surface area contributed by atoms with Crippen molar-refractivity contribution in [1.82, 2.24) is 24.1 Å². The van der Waals surface area contributed by atoms with Gasteiger partial charge in [-0.3, -0.25) is 0 Å². The lowest BCUT2D eigenvalue weighted by Crippen LogP contribution is -2.10. The van der Waals surface area contributed by atoms with Gasteiger partial charge in [0.05, 0.1) is 68.3 Å². The monoisotopic (exact) mass is 1120 g/mol. The third kappa shape index (κ3) is 10.2. The average molecular weight is 1130 g/mol. The molecule has 8 heteroatoms. The Labute approximate surface area is 508 Å². The quantitative estimate of drug-likeness (QED) is 0.149. The van der Waals surface area contributed by atoms with E-state index in [1.807, 2.05) is 72.8 Å². The van der Waals surface area contributed by atoms with Gasteiger partial charge in [-0.1, -0.05) is 171 Å². The molecular weight excluding hydrogens is 1060 g/mol. The zero-order valence-electron chi connectivity index (χ0n) is 50.7. The Morgan fingerprint density at radius 3 is 1.08 bits per heavy atom. The highest BCUT2D eigenvalue weighted by molar-refractivity contribution is 6.12. The van der Waals surface area contributed by atoms with Gasteiger partial charge >= 0.3 is 0 Å². The molecule has 87 heavy (non-hydrogen) atoms. The number of fused-ring (bicyclic) bond motifs is 6. The summed E-state index contributed by atoms with van der Waals surface area (Å²) in [7, 11) is 0. The van der Waals surface area contributed by atoms with Crippen LogP contribution in [0.15, 0.2) is 206 Å². The Kier molecular flexibility index (Phi) is 13.5. The molecule has 0 saturated heterocycles. The summed E-state index contributed by atoms with van der Waals surface area (Å²) in [5, 5.41) is 34.8. The number of nitriles is 3. The van der Waals surface area contributed by atoms with Crippen molar-refractivity contribution in [2.45, 2.75) is 85.5 Å². The second-order valence-electron chi connectivity index (χ2n) is 26.1. The molecule has 0 fully saturated rings. The van der Waals surface area contributed by atoms with Crippen LogP contribution in [0.4, 0.5) is 0 Å². The Balaban J connectivity index is 1.09. The van der Waals surface area contributed by atoms with Gasteiger partial charge in [0.25, 0.3) is 0 Å². The van der Waals surface area contributed by atoms with Crippen LogP contribution < -0.4 is 0 Å². The molecule has 0 radical (unpaired) electrons. The third-order valence-electron chi connectivity index (χ3n) is 17.0. The van der Waals surface area contributed by atoms with Gasteiger partial charge in [-0.2, -0.15) is 15.8 Å². The van der Waals surface area contributed by atoms with E-state index in [2.05, 4.69) is 230 Å². The van der Waals surface area contributed by atoms with Gasteiger partial charge in [-0.15, -0.1) is 0 Å². The Hall–Kier alpha value is -10.7. The first kappa shape index (κ1) is 55.5. The third-order valence-corrected chi connectivity index (χ3v) is 17.0. The largest absolute Gasteiger partial charge is 0.309 e. The van der Waals surface area contributed by atoms with Crippen LogP contribution in [-0.4, -0.2) is 24.1 Å². The molecule has 13 rings (SSSR count). The molecule has 8 nitrogen and oxygen atoms in total. The predicted molar refractivity (Wildman–Crippen MR) is 356 cm³/mol. The van der Waals surface area contributed by atoms with Crippen molar-refractivity contribution in [2.24, 2.45) is 0 Å². The van der Waals surface area contributed by atoms with Gasteiger partial charge in [0.15, 0.2) is 17.5 Å². The molecule has 0 aliphatic carbocycles. The van der Waals surface area contributed by atoms with Crippen LogP contribution in [0.3, 0.4) is 0 Å². The zero-order valence-corrected chi connectivity index (χ0v) is 50.7. The molecule has 3 heterocycles. The number of hydrogen-bond acceptors (Lipinski definition) is 6. The molecule has 0 N–H and O–H groups in total. The highest BCUT2D eigenvalue weighted by Crippen LogP contribution is 2.44. The van der Waals surface area contributed by atoms with Crippen molar-refractivity contribution in [3.8, 4) is 97.1 Å². The normalized spacial score (nSPS) is 12.0. The Bertz CT molecular complexity index is 5020. The fourth-order valence-electron chi connectivity index (χ4n) is 12.1. The molecule has 0 amide bonds. The second-order valence-corrected chi connectivity index (χ2v) is 26.1. The van der Waals surface area contributed by atoms with Crippen molar-refractivity contribution in [3.05, 3.63) is 245 Å². The van der Waals surface area contributed by atoms with Crippen molar-refractivity contribution in [3.63, 3.8) is 0 Å². The van der Waals surface area contributed by atoms with Crippen LogP contribution in [0.2, 0.25) is 0 Å². The molecule has 0 spiro atoms. The standard InChI is InChI=1S/C79H64N8/c1-48-20-32-68-64(36-48)65-42-59(77(2,3)4)27-33-69(65)86(68)72-40-57(25-30-62(72)54-17-11-14-50(37-54)46-81)75-83-74(56-19-13-16-53(39-56)52-23-21-49(45-80)22-24-52)84-76(85-75)58-26-31-63(55-18-12-15-51(38-55)47-82)73(41-58)87-70-34-28-60(78(5,6)7)43-66(70)67-44-61(79(8,9)10)29-35-71(67)87/h11-44H,1-10H3. The molecule has 0 saturated carbocycles. The summed E-state index contributed by atoms with van der Waals surface area (Å²) in [6, 6.07) is 78.5. The Morgan fingerprint density at radius 2 is 0.667 bits per heavy atom. The van der Waals surface area contributed by atoms with Gasteiger partial charge < -0.3 is 9.13 Å². The molecule has 420 valence electrons. The molecule has 0 unspecified atom stereocenters. The van der Waals surface area contributed by atoms with E-state index in [4.69, 9.17) is 15.0 Å². The second kappa shape index (κ2) is 21.1. The maximum absolute atomic E-state index is 10.3. The molecular formula is C79H64N8. The van der Waals surface area contributed by atoms with Crippen LogP contribution >= 0.6 is 0 Å². The topological polar surface area (TPSA) is 120 Å². The van der Waals surface area contributed by atoms with Gasteiger partial charge in [-0.25, -0.2) is 15.0 Å². The van der Waals surface area contributed by atoms with Crippen molar-refractivity contribution < 1.29 is 0 Å². The average Bonchev–Trinajstić information content (AvgIpc) is 1.65. The van der Waals surface area contributed by atoms with Crippen LogP contribution in [0.25, 0.3) is 123 Å². The van der Waals surface area contributed by atoms with Gasteiger partial charge in [0.2, 0.25) is 0 Å². The summed E-state index contributed by atoms with van der Waals surface area (Å²) in [6.07, 6.45) is 0. The van der Waals surface area contributed by atoms with Gasteiger partial charge in [0.1, 0.15) is 0 Å². The number of aryl methyl sites for hydroxylation is 1. The van der Waals surface area contributed by atoms with Crippen LogP contribution in [0.1, 0.15) is 101 Å². The SMILES string of the molecule is Cc1ccc2c(c1)c1cc(C(C)(C)C)ccc1n2-c1cc(-c2nc(-c3cccc(-c4ccc(C#N)cc4)c3)nc(-c3ccc(-c4cccc(C#N)c4)c(-n4c5ccc(C(C)(C)C)cc5c5cc(C(C)(C)C)ccc54)c3)n2)ccc1-c1cccc(C#N)c1. The first-order valence-electron chi connectivity index (χ1n) is 29.6. The van der Waals surface area contributed by atoms with Crippen molar-refractivity contribution in [1.29, 1.82) is 15.8 Å². The molecule has 3 aromatic heterocycles. The molecule has 0 atom stereocenters. The van der Waals surface area contributed by atoms with Gasteiger partial charge in [0, 0.05) is 49.4 Å². The number of aromatic nitrogens is 5. The highest BCUT2D eigenvalue weighted by Gasteiger charge is 2.26. The van der Waals surface area contributed by atoms with Crippen molar-refractivity contribution in [2.75, 3.05) is 0 Å². The van der Waals surface area contributed by atoms with E-state index in [0.717, 1.165) is 105 Å². The first-order valence-corrected chi connectivity index (χ1v) is 29.6. The van der Waals surface area contributed by atoms with E-state index < -0.39 is 0 Å².